The van der Waals surface area contributed by atoms with Crippen molar-refractivity contribution in [3.8, 4) is 17.2 Å². The van der Waals surface area contributed by atoms with E-state index < -0.39 is 17.8 Å². The Bertz CT molecular complexity index is 742. The van der Waals surface area contributed by atoms with Crippen molar-refractivity contribution in [2.45, 2.75) is 32.8 Å². The number of hydrogen-bond acceptors (Lipinski definition) is 5. The van der Waals surface area contributed by atoms with Gasteiger partial charge in [-0.15, -0.1) is 0 Å². The van der Waals surface area contributed by atoms with Crippen molar-refractivity contribution in [3.05, 3.63) is 54.3 Å². The molecule has 0 spiro atoms. The smallest absolute Gasteiger partial charge is 0.311 e. The topological polar surface area (TPSA) is 61.8 Å². The minimum Gasteiger partial charge on any atom is -0.487 e. The van der Waals surface area contributed by atoms with E-state index in [-0.39, 0.29) is 24.7 Å². The summed E-state index contributed by atoms with van der Waals surface area (Å²) in [5, 5.41) is 0. The molecule has 2 rings (SSSR count). The van der Waals surface area contributed by atoms with E-state index in [9.17, 15) is 14.0 Å². The summed E-state index contributed by atoms with van der Waals surface area (Å²) in [5.74, 6) is -0.904. The predicted octanol–water partition coefficient (Wildman–Crippen LogP) is 3.90. The molecule has 6 heteroatoms. The highest BCUT2D eigenvalue weighted by Gasteiger charge is 2.14. The lowest BCUT2D eigenvalue weighted by Crippen LogP contribution is -2.15. The average Bonchev–Trinajstić information content (AvgIpc) is 2.54. The van der Waals surface area contributed by atoms with Gasteiger partial charge < -0.3 is 14.2 Å². The highest BCUT2D eigenvalue weighted by atomic mass is 19.1. The molecular weight excluding hydrogens is 327 g/mol. The number of hydrogen-bond donors (Lipinski definition) is 0. The molecule has 25 heavy (non-hydrogen) atoms. The summed E-state index contributed by atoms with van der Waals surface area (Å²) in [5.41, 5.74) is 0. The molecule has 5 nitrogen and oxygen atoms in total. The molecule has 0 saturated carbocycles. The number of carbonyl (C=O) groups is 2. The molecular formula is C19H19FO5. The quantitative estimate of drug-likeness (QED) is 0.562. The largest absolute Gasteiger partial charge is 0.487 e. The van der Waals surface area contributed by atoms with Crippen LogP contribution in [0.25, 0.3) is 0 Å². The van der Waals surface area contributed by atoms with Crippen LogP contribution >= 0.6 is 0 Å². The van der Waals surface area contributed by atoms with Gasteiger partial charge in [0.2, 0.25) is 0 Å². The monoisotopic (exact) mass is 346 g/mol. The van der Waals surface area contributed by atoms with Crippen LogP contribution in [0.15, 0.2) is 48.5 Å². The molecule has 2 aromatic carbocycles. The van der Waals surface area contributed by atoms with Gasteiger partial charge in [0, 0.05) is 6.07 Å². The predicted molar refractivity (Wildman–Crippen MR) is 89.1 cm³/mol. The van der Waals surface area contributed by atoms with Crippen LogP contribution in [0, 0.1) is 5.82 Å². The summed E-state index contributed by atoms with van der Waals surface area (Å²) in [6.07, 6.45) is -0.409. The molecule has 0 aromatic heterocycles. The molecule has 0 aliphatic heterocycles. The molecule has 0 N–H and O–H groups in total. The summed E-state index contributed by atoms with van der Waals surface area (Å²) < 4.78 is 28.8. The van der Waals surface area contributed by atoms with Gasteiger partial charge in [0.25, 0.3) is 0 Å². The Morgan fingerprint density at radius 2 is 1.56 bits per heavy atom. The third kappa shape index (κ3) is 6.25. The number of rotatable bonds is 7. The van der Waals surface area contributed by atoms with Crippen molar-refractivity contribution in [1.29, 1.82) is 0 Å². The van der Waals surface area contributed by atoms with Crippen molar-refractivity contribution in [1.82, 2.24) is 0 Å². The molecule has 0 aliphatic rings. The highest BCUT2D eigenvalue weighted by molar-refractivity contribution is 5.80. The maximum absolute atomic E-state index is 13.0. The first-order valence-corrected chi connectivity index (χ1v) is 7.86. The lowest BCUT2D eigenvalue weighted by Gasteiger charge is -2.13. The van der Waals surface area contributed by atoms with E-state index in [4.69, 9.17) is 14.2 Å². The van der Waals surface area contributed by atoms with Crippen molar-refractivity contribution in [2.24, 2.45) is 0 Å². The number of carbonyl (C=O) groups excluding carboxylic acids is 2. The molecule has 132 valence electrons. The van der Waals surface area contributed by atoms with Crippen LogP contribution in [-0.4, -0.2) is 18.0 Å². The van der Waals surface area contributed by atoms with Crippen molar-refractivity contribution in [2.75, 3.05) is 0 Å². The summed E-state index contributed by atoms with van der Waals surface area (Å²) in [4.78, 5) is 23.6. The normalized spacial score (nSPS) is 10.4. The maximum Gasteiger partial charge on any atom is 0.311 e. The van der Waals surface area contributed by atoms with Crippen LogP contribution < -0.4 is 14.2 Å². The molecule has 0 amide bonds. The molecule has 2 aromatic rings. The van der Waals surface area contributed by atoms with Gasteiger partial charge in [-0.1, -0.05) is 18.2 Å². The average molecular weight is 346 g/mol. The second-order valence-electron chi connectivity index (χ2n) is 5.52. The molecule has 0 saturated heterocycles. The molecule has 0 unspecified atom stereocenters. The Morgan fingerprint density at radius 1 is 0.920 bits per heavy atom. The number of para-hydroxylation sites is 2. The van der Waals surface area contributed by atoms with E-state index in [1.54, 1.807) is 24.3 Å². The van der Waals surface area contributed by atoms with Crippen LogP contribution in [0.4, 0.5) is 4.39 Å². The SMILES string of the molecule is CC(C)Oc1ccccc1OC(=O)CCC(=O)Oc1cccc(F)c1. The third-order valence-electron chi connectivity index (χ3n) is 3.00. The second-order valence-corrected chi connectivity index (χ2v) is 5.52. The van der Waals surface area contributed by atoms with Gasteiger partial charge >= 0.3 is 11.9 Å². The highest BCUT2D eigenvalue weighted by Crippen LogP contribution is 2.27. The van der Waals surface area contributed by atoms with Crippen LogP contribution in [0.3, 0.4) is 0 Å². The Labute approximate surface area is 145 Å². The van der Waals surface area contributed by atoms with Gasteiger partial charge in [0.05, 0.1) is 18.9 Å². The Hall–Kier alpha value is -2.89. The summed E-state index contributed by atoms with van der Waals surface area (Å²) in [6.45, 7) is 3.72. The van der Waals surface area contributed by atoms with E-state index in [0.717, 1.165) is 6.07 Å². The Balaban J connectivity index is 1.85. The minimum atomic E-state index is -0.644. The third-order valence-corrected chi connectivity index (χ3v) is 3.00. The lowest BCUT2D eigenvalue weighted by molar-refractivity contribution is -0.140. The van der Waals surface area contributed by atoms with Crippen LogP contribution in [0.2, 0.25) is 0 Å². The fraction of sp³-hybridized carbons (Fsp3) is 0.263. The zero-order chi connectivity index (χ0) is 18.2. The number of ether oxygens (including phenoxy) is 3. The standard InChI is InChI=1S/C19H19FO5/c1-13(2)23-16-8-3-4-9-17(16)25-19(22)11-10-18(21)24-15-7-5-6-14(20)12-15/h3-9,12-13H,10-11H2,1-2H3. The van der Waals surface area contributed by atoms with Gasteiger partial charge in [-0.2, -0.15) is 0 Å². The number of halogens is 1. The van der Waals surface area contributed by atoms with Crippen molar-refractivity contribution < 1.29 is 28.2 Å². The summed E-state index contributed by atoms with van der Waals surface area (Å²) in [7, 11) is 0. The summed E-state index contributed by atoms with van der Waals surface area (Å²) in [6, 6.07) is 12.0. The van der Waals surface area contributed by atoms with Gasteiger partial charge in [-0.05, 0) is 38.1 Å². The van der Waals surface area contributed by atoms with Crippen LogP contribution in [-0.2, 0) is 9.59 Å². The fourth-order valence-electron chi connectivity index (χ4n) is 1.98. The number of benzene rings is 2. The minimum absolute atomic E-state index is 0.0684. The molecule has 0 aliphatic carbocycles. The van der Waals surface area contributed by atoms with Crippen molar-refractivity contribution >= 4 is 11.9 Å². The summed E-state index contributed by atoms with van der Waals surface area (Å²) >= 11 is 0. The first-order chi connectivity index (χ1) is 11.9. The van der Waals surface area contributed by atoms with Crippen LogP contribution in [0.1, 0.15) is 26.7 Å². The first-order valence-electron chi connectivity index (χ1n) is 7.86. The first kappa shape index (κ1) is 18.4. The van der Waals surface area contributed by atoms with Gasteiger partial charge in [0.15, 0.2) is 11.5 Å². The van der Waals surface area contributed by atoms with Crippen LogP contribution in [0.5, 0.6) is 17.2 Å². The Morgan fingerprint density at radius 3 is 2.20 bits per heavy atom. The van der Waals surface area contributed by atoms with Gasteiger partial charge in [-0.25, -0.2) is 4.39 Å². The molecule has 0 heterocycles. The van der Waals surface area contributed by atoms with Crippen molar-refractivity contribution in [3.63, 3.8) is 0 Å². The van der Waals surface area contributed by atoms with E-state index in [0.29, 0.717) is 11.5 Å². The lowest BCUT2D eigenvalue weighted by atomic mass is 10.3. The zero-order valence-corrected chi connectivity index (χ0v) is 14.0. The maximum atomic E-state index is 13.0. The number of esters is 2. The Kier molecular flexibility index (Phi) is 6.51. The molecule has 0 bridgehead atoms. The molecule has 0 radical (unpaired) electrons. The van der Waals surface area contributed by atoms with E-state index in [1.165, 1.54) is 18.2 Å². The molecule has 0 atom stereocenters. The zero-order valence-electron chi connectivity index (χ0n) is 14.0. The van der Waals surface area contributed by atoms with E-state index in [2.05, 4.69) is 0 Å². The van der Waals surface area contributed by atoms with Gasteiger partial charge in [-0.3, -0.25) is 9.59 Å². The fourth-order valence-corrected chi connectivity index (χ4v) is 1.98. The van der Waals surface area contributed by atoms with E-state index in [1.807, 2.05) is 13.8 Å². The van der Waals surface area contributed by atoms with Gasteiger partial charge in [0.1, 0.15) is 11.6 Å². The van der Waals surface area contributed by atoms with E-state index >= 15 is 0 Å². The molecule has 0 fully saturated rings. The second kappa shape index (κ2) is 8.82.